The number of hydrogen-bond acceptors (Lipinski definition) is 5. The van der Waals surface area contributed by atoms with Crippen molar-refractivity contribution >= 4 is 39.9 Å². The Bertz CT molecular complexity index is 1280. The third-order valence-corrected chi connectivity index (χ3v) is 6.13. The molecule has 30 heavy (non-hydrogen) atoms. The average Bonchev–Trinajstić information content (AvgIpc) is 3.13. The summed E-state index contributed by atoms with van der Waals surface area (Å²) in [5.74, 6) is 0.738. The fourth-order valence-corrected chi connectivity index (χ4v) is 4.25. The summed E-state index contributed by atoms with van der Waals surface area (Å²) in [6.45, 7) is 8.22. The van der Waals surface area contributed by atoms with Gasteiger partial charge in [0.25, 0.3) is 0 Å². The summed E-state index contributed by atoms with van der Waals surface area (Å²) < 4.78 is 7.39. The second-order valence-corrected chi connectivity index (χ2v) is 8.45. The summed E-state index contributed by atoms with van der Waals surface area (Å²) in [7, 11) is 1.59. The Morgan fingerprint density at radius 2 is 1.77 bits per heavy atom. The number of benzene rings is 2. The molecular formula is C23H24N4O2S. The maximum Gasteiger partial charge on any atom is 0.234 e. The highest BCUT2D eigenvalue weighted by Gasteiger charge is 2.15. The molecule has 0 saturated heterocycles. The number of pyridine rings is 1. The molecule has 154 valence electrons. The molecule has 2 aromatic heterocycles. The Morgan fingerprint density at radius 1 is 1.03 bits per heavy atom. The lowest BCUT2D eigenvalue weighted by Gasteiger charge is -2.11. The van der Waals surface area contributed by atoms with Gasteiger partial charge in [0.05, 0.1) is 24.1 Å². The third kappa shape index (κ3) is 3.73. The molecule has 7 heteroatoms. The van der Waals surface area contributed by atoms with Gasteiger partial charge in [-0.1, -0.05) is 17.8 Å². The average molecular weight is 421 g/mol. The van der Waals surface area contributed by atoms with Gasteiger partial charge in [-0.15, -0.1) is 10.2 Å². The first-order valence-corrected chi connectivity index (χ1v) is 10.7. The highest BCUT2D eigenvalue weighted by Crippen LogP contribution is 2.29. The maximum atomic E-state index is 12.6. The first kappa shape index (κ1) is 20.2. The molecule has 0 spiro atoms. The lowest BCUT2D eigenvalue weighted by Crippen LogP contribution is -2.15. The number of thioether (sulfide) groups is 1. The predicted molar refractivity (Wildman–Crippen MR) is 122 cm³/mol. The minimum absolute atomic E-state index is 0.121. The number of fused-ring (bicyclic) bond motifs is 3. The molecular weight excluding hydrogens is 396 g/mol. The number of ether oxygens (including phenoxy) is 1. The smallest absolute Gasteiger partial charge is 0.234 e. The minimum atomic E-state index is -0.121. The number of carbonyl (C=O) groups is 1. The number of aromatic nitrogens is 3. The topological polar surface area (TPSA) is 68.5 Å². The number of nitrogens with one attached hydrogen (secondary N) is 1. The predicted octanol–water partition coefficient (Wildman–Crippen LogP) is 4.86. The Morgan fingerprint density at radius 3 is 2.53 bits per heavy atom. The molecule has 0 aliphatic rings. The number of rotatable bonds is 5. The Labute approximate surface area is 179 Å². The van der Waals surface area contributed by atoms with Crippen LogP contribution in [0.25, 0.3) is 16.6 Å². The molecule has 0 bridgehead atoms. The Kier molecular flexibility index (Phi) is 5.39. The van der Waals surface area contributed by atoms with Gasteiger partial charge in [0.1, 0.15) is 5.75 Å². The zero-order valence-corrected chi connectivity index (χ0v) is 18.6. The van der Waals surface area contributed by atoms with Gasteiger partial charge in [-0.25, -0.2) is 0 Å². The fourth-order valence-electron chi connectivity index (χ4n) is 3.50. The van der Waals surface area contributed by atoms with Crippen LogP contribution in [0.2, 0.25) is 0 Å². The monoisotopic (exact) mass is 420 g/mol. The highest BCUT2D eigenvalue weighted by molar-refractivity contribution is 7.99. The zero-order valence-electron chi connectivity index (χ0n) is 17.7. The van der Waals surface area contributed by atoms with E-state index in [4.69, 9.17) is 4.74 Å². The van der Waals surface area contributed by atoms with Crippen LogP contribution in [0.3, 0.4) is 0 Å². The van der Waals surface area contributed by atoms with Gasteiger partial charge >= 0.3 is 0 Å². The van der Waals surface area contributed by atoms with Crippen LogP contribution < -0.4 is 10.1 Å². The van der Waals surface area contributed by atoms with E-state index in [1.165, 1.54) is 22.9 Å². The van der Waals surface area contributed by atoms with E-state index >= 15 is 0 Å². The molecule has 6 nitrogen and oxygen atoms in total. The summed E-state index contributed by atoms with van der Waals surface area (Å²) in [4.78, 5) is 12.6. The van der Waals surface area contributed by atoms with Crippen LogP contribution in [0.15, 0.2) is 41.6 Å². The van der Waals surface area contributed by atoms with Gasteiger partial charge in [-0.2, -0.15) is 0 Å². The summed E-state index contributed by atoms with van der Waals surface area (Å²) in [6.07, 6.45) is 0. The number of methoxy groups -OCH3 is 1. The van der Waals surface area contributed by atoms with Crippen molar-refractivity contribution in [1.82, 2.24) is 14.6 Å². The zero-order chi connectivity index (χ0) is 21.4. The van der Waals surface area contributed by atoms with Crippen LogP contribution in [0.4, 0.5) is 5.69 Å². The molecule has 1 amide bonds. The van der Waals surface area contributed by atoms with Gasteiger partial charge in [0, 0.05) is 0 Å². The second-order valence-electron chi connectivity index (χ2n) is 7.50. The number of hydrogen-bond donors (Lipinski definition) is 1. The molecule has 0 aliphatic heterocycles. The van der Waals surface area contributed by atoms with Crippen LogP contribution >= 0.6 is 11.8 Å². The van der Waals surface area contributed by atoms with Crippen LogP contribution in [0.5, 0.6) is 5.75 Å². The lowest BCUT2D eigenvalue weighted by atomic mass is 10.0. The van der Waals surface area contributed by atoms with Gasteiger partial charge in [0.15, 0.2) is 10.8 Å². The van der Waals surface area contributed by atoms with Crippen LogP contribution in [0.1, 0.15) is 22.3 Å². The first-order chi connectivity index (χ1) is 14.4. The summed E-state index contributed by atoms with van der Waals surface area (Å²) >= 11 is 1.37. The van der Waals surface area contributed by atoms with Crippen LogP contribution in [-0.4, -0.2) is 33.4 Å². The molecule has 2 aromatic carbocycles. The van der Waals surface area contributed by atoms with Gasteiger partial charge in [-0.3, -0.25) is 9.20 Å². The van der Waals surface area contributed by atoms with Crippen LogP contribution in [-0.2, 0) is 4.79 Å². The van der Waals surface area contributed by atoms with Crippen molar-refractivity contribution in [3.05, 3.63) is 58.7 Å². The van der Waals surface area contributed by atoms with Gasteiger partial charge in [0.2, 0.25) is 5.91 Å². The lowest BCUT2D eigenvalue weighted by molar-refractivity contribution is -0.113. The molecule has 4 rings (SSSR count). The molecule has 0 saturated carbocycles. The minimum Gasteiger partial charge on any atom is -0.495 e. The first-order valence-electron chi connectivity index (χ1n) is 9.70. The van der Waals surface area contributed by atoms with Gasteiger partial charge in [-0.05, 0) is 85.7 Å². The summed E-state index contributed by atoms with van der Waals surface area (Å²) in [5.41, 5.74) is 7.09. The summed E-state index contributed by atoms with van der Waals surface area (Å²) in [5, 5.41) is 13.5. The van der Waals surface area contributed by atoms with E-state index in [-0.39, 0.29) is 11.7 Å². The Balaban J connectivity index is 1.62. The van der Waals surface area contributed by atoms with E-state index in [9.17, 15) is 4.79 Å². The maximum absolute atomic E-state index is 12.6. The van der Waals surface area contributed by atoms with Crippen molar-refractivity contribution < 1.29 is 9.53 Å². The van der Waals surface area contributed by atoms with Crippen molar-refractivity contribution in [2.24, 2.45) is 0 Å². The molecule has 0 radical (unpaired) electrons. The number of nitrogens with zero attached hydrogens (tertiary/aromatic N) is 3. The quantitative estimate of drug-likeness (QED) is 0.467. The van der Waals surface area contributed by atoms with Crippen molar-refractivity contribution in [1.29, 1.82) is 0 Å². The molecule has 1 N–H and O–H groups in total. The Hall–Kier alpha value is -3.06. The van der Waals surface area contributed by atoms with E-state index in [1.807, 2.05) is 36.4 Å². The number of amides is 1. The molecule has 0 fully saturated rings. The van der Waals surface area contributed by atoms with Crippen LogP contribution in [0, 0.1) is 27.7 Å². The van der Waals surface area contributed by atoms with Crippen molar-refractivity contribution in [3.8, 4) is 5.75 Å². The van der Waals surface area contributed by atoms with Crippen molar-refractivity contribution in [2.45, 2.75) is 32.9 Å². The van der Waals surface area contributed by atoms with E-state index < -0.39 is 0 Å². The molecule has 0 atom stereocenters. The normalized spacial score (nSPS) is 11.2. The number of aryl methyl sites for hydroxylation is 4. The van der Waals surface area contributed by atoms with Crippen molar-refractivity contribution in [2.75, 3.05) is 18.2 Å². The van der Waals surface area contributed by atoms with E-state index in [2.05, 4.69) is 47.6 Å². The largest absolute Gasteiger partial charge is 0.495 e. The fraction of sp³-hybridized carbons (Fsp3) is 0.261. The molecule has 0 unspecified atom stereocenters. The van der Waals surface area contributed by atoms with Gasteiger partial charge < -0.3 is 10.1 Å². The molecule has 4 aromatic rings. The standard InChI is InChI=1S/C23H24N4O2S/c1-13-6-7-20(29-5)18(8-13)24-21(28)12-30-23-26-25-22-16(4)10-17-9-14(2)15(3)11-19(17)27(22)23/h6-11H,12H2,1-5H3,(H,24,28). The van der Waals surface area contributed by atoms with Crippen molar-refractivity contribution in [3.63, 3.8) is 0 Å². The number of carbonyl (C=O) groups excluding carboxylic acids is 1. The van der Waals surface area contributed by atoms with E-state index in [1.54, 1.807) is 7.11 Å². The van der Waals surface area contributed by atoms with E-state index in [0.29, 0.717) is 16.6 Å². The highest BCUT2D eigenvalue weighted by atomic mass is 32.2. The number of anilines is 1. The summed E-state index contributed by atoms with van der Waals surface area (Å²) in [6, 6.07) is 12.2. The second kappa shape index (κ2) is 7.99. The SMILES string of the molecule is COc1ccc(C)cc1NC(=O)CSc1nnc2c(C)cc3cc(C)c(C)cc3n12. The molecule has 0 aliphatic carbocycles. The van der Waals surface area contributed by atoms with E-state index in [0.717, 1.165) is 27.7 Å². The molecule has 2 heterocycles. The third-order valence-electron chi connectivity index (χ3n) is 5.20.